The van der Waals surface area contributed by atoms with E-state index in [1.807, 2.05) is 58.0 Å². The maximum Gasteiger partial charge on any atom is 0.226 e. The fourth-order valence-corrected chi connectivity index (χ4v) is 5.47. The maximum atomic E-state index is 13.4. The second kappa shape index (κ2) is 15.3. The number of nitrogens with one attached hydrogen (secondary N) is 2. The number of para-hydroxylation sites is 1. The quantitative estimate of drug-likeness (QED) is 0.158. The van der Waals surface area contributed by atoms with Crippen molar-refractivity contribution in [3.63, 3.8) is 0 Å². The lowest BCUT2D eigenvalue weighted by Crippen LogP contribution is -2.49. The molecule has 222 valence electrons. The van der Waals surface area contributed by atoms with Crippen molar-refractivity contribution < 1.29 is 4.79 Å². The minimum Gasteiger partial charge on any atom is -0.351 e. The van der Waals surface area contributed by atoms with E-state index >= 15 is 0 Å². The van der Waals surface area contributed by atoms with Crippen LogP contribution in [0.3, 0.4) is 0 Å². The number of imidazole rings is 1. The largest absolute Gasteiger partial charge is 0.351 e. The Labute approximate surface area is 276 Å². The number of amides is 1. The first kappa shape index (κ1) is 32.5. The minimum atomic E-state index is -0.223. The SMILES string of the molecule is CC(C)[C@@H](CN(Cc1cccc(Cl)c1Cl)C(=S)Nc1ccccc1Br)NC(=O)Cc1cncn1Cc1ccc(C#N)cc1. The molecule has 0 fully saturated rings. The van der Waals surface area contributed by atoms with Crippen molar-refractivity contribution in [3.05, 3.63) is 116 Å². The monoisotopic (exact) mass is 696 g/mol. The number of rotatable bonds is 11. The van der Waals surface area contributed by atoms with Crippen molar-refractivity contribution in [1.29, 1.82) is 5.26 Å². The zero-order valence-electron chi connectivity index (χ0n) is 23.7. The standard InChI is InChI=1S/C32H31BrCl2N6OS/c1-21(2)29(38-30(42)14-25-16-37-20-41(25)17-23-12-10-22(15-36)11-13-23)19-40(18-24-6-5-8-27(34)31(24)35)32(43)39-28-9-4-3-7-26(28)33/h3-13,16,20-21,29H,14,17-19H2,1-2H3,(H,38,42)(H,39,43)/t29-/m1/s1. The highest BCUT2D eigenvalue weighted by atomic mass is 79.9. The third kappa shape index (κ3) is 9.04. The zero-order chi connectivity index (χ0) is 30.9. The van der Waals surface area contributed by atoms with Gasteiger partial charge in [0.2, 0.25) is 5.91 Å². The van der Waals surface area contributed by atoms with Crippen LogP contribution in [0.4, 0.5) is 5.69 Å². The molecule has 2 N–H and O–H groups in total. The summed E-state index contributed by atoms with van der Waals surface area (Å²) in [5.74, 6) is -0.0122. The Kier molecular flexibility index (Phi) is 11.6. The first-order valence-electron chi connectivity index (χ1n) is 13.6. The maximum absolute atomic E-state index is 13.4. The number of anilines is 1. The van der Waals surface area contributed by atoms with Crippen LogP contribution in [0.1, 0.15) is 36.2 Å². The zero-order valence-corrected chi connectivity index (χ0v) is 27.6. The van der Waals surface area contributed by atoms with E-state index in [4.69, 9.17) is 40.7 Å². The molecule has 0 saturated carbocycles. The average Bonchev–Trinajstić information content (AvgIpc) is 3.41. The van der Waals surface area contributed by atoms with E-state index in [0.29, 0.717) is 40.4 Å². The lowest BCUT2D eigenvalue weighted by atomic mass is 10.0. The number of nitrogens with zero attached hydrogens (tertiary/aromatic N) is 4. The molecule has 0 unspecified atom stereocenters. The van der Waals surface area contributed by atoms with Crippen LogP contribution < -0.4 is 10.6 Å². The predicted octanol–water partition coefficient (Wildman–Crippen LogP) is 7.45. The average molecular weight is 699 g/mol. The summed E-state index contributed by atoms with van der Waals surface area (Å²) in [4.78, 5) is 19.6. The van der Waals surface area contributed by atoms with Crippen molar-refractivity contribution in [3.8, 4) is 6.07 Å². The molecule has 0 aliphatic carbocycles. The lowest BCUT2D eigenvalue weighted by molar-refractivity contribution is -0.121. The van der Waals surface area contributed by atoms with Crippen LogP contribution in [0.5, 0.6) is 0 Å². The Morgan fingerprint density at radius 3 is 2.56 bits per heavy atom. The lowest BCUT2D eigenvalue weighted by Gasteiger charge is -2.33. The molecular formula is C32H31BrCl2N6OS. The van der Waals surface area contributed by atoms with Crippen molar-refractivity contribution in [1.82, 2.24) is 19.8 Å². The molecule has 1 aromatic heterocycles. The predicted molar refractivity (Wildman–Crippen MR) is 180 cm³/mol. The molecule has 11 heteroatoms. The summed E-state index contributed by atoms with van der Waals surface area (Å²) >= 11 is 22.3. The Hall–Kier alpha value is -3.42. The molecule has 0 spiro atoms. The van der Waals surface area contributed by atoms with E-state index < -0.39 is 0 Å². The van der Waals surface area contributed by atoms with Gasteiger partial charge in [0.25, 0.3) is 0 Å². The summed E-state index contributed by atoms with van der Waals surface area (Å²) in [5.41, 5.74) is 4.06. The van der Waals surface area contributed by atoms with Crippen LogP contribution in [-0.4, -0.2) is 38.1 Å². The molecule has 1 atom stereocenters. The second-order valence-corrected chi connectivity index (χ2v) is 12.4. The summed E-state index contributed by atoms with van der Waals surface area (Å²) in [6.45, 7) is 5.51. The van der Waals surface area contributed by atoms with Crippen molar-refractivity contribution in [2.75, 3.05) is 11.9 Å². The molecule has 0 aliphatic rings. The molecule has 0 saturated heterocycles. The van der Waals surface area contributed by atoms with Crippen LogP contribution in [0.25, 0.3) is 0 Å². The van der Waals surface area contributed by atoms with Gasteiger partial charge in [-0.3, -0.25) is 4.79 Å². The van der Waals surface area contributed by atoms with Crippen molar-refractivity contribution in [2.24, 2.45) is 5.92 Å². The van der Waals surface area contributed by atoms with Gasteiger partial charge in [-0.15, -0.1) is 0 Å². The molecule has 7 nitrogen and oxygen atoms in total. The molecule has 0 radical (unpaired) electrons. The summed E-state index contributed by atoms with van der Waals surface area (Å²) in [7, 11) is 0. The number of carbonyl (C=O) groups is 1. The number of thiocarbonyl (C=S) groups is 1. The van der Waals surface area contributed by atoms with Crippen LogP contribution >= 0.6 is 51.3 Å². The molecule has 4 aromatic rings. The van der Waals surface area contributed by atoms with E-state index in [1.165, 1.54) is 0 Å². The fraction of sp³-hybridized carbons (Fsp3) is 0.250. The van der Waals surface area contributed by atoms with Gasteiger partial charge in [-0.25, -0.2) is 4.98 Å². The van der Waals surface area contributed by atoms with Gasteiger partial charge in [0.1, 0.15) is 0 Å². The number of hydrogen-bond acceptors (Lipinski definition) is 4. The van der Waals surface area contributed by atoms with Crippen LogP contribution in [0, 0.1) is 17.2 Å². The first-order chi connectivity index (χ1) is 20.6. The summed E-state index contributed by atoms with van der Waals surface area (Å²) in [6, 6.07) is 22.5. The summed E-state index contributed by atoms with van der Waals surface area (Å²) in [5, 5.41) is 17.0. The topological polar surface area (TPSA) is 86.0 Å². The van der Waals surface area contributed by atoms with Crippen LogP contribution in [-0.2, 0) is 24.3 Å². The fourth-order valence-electron chi connectivity index (χ4n) is 4.45. The highest BCUT2D eigenvalue weighted by molar-refractivity contribution is 9.10. The second-order valence-electron chi connectivity index (χ2n) is 10.4. The Bertz CT molecular complexity index is 1620. The third-order valence-electron chi connectivity index (χ3n) is 6.94. The van der Waals surface area contributed by atoms with Gasteiger partial charge in [-0.1, -0.05) is 73.4 Å². The van der Waals surface area contributed by atoms with Crippen LogP contribution in [0.2, 0.25) is 10.0 Å². The molecule has 4 rings (SSSR count). The van der Waals surface area contributed by atoms with Gasteiger partial charge in [-0.2, -0.15) is 5.26 Å². The molecule has 1 amide bonds. The number of hydrogen-bond donors (Lipinski definition) is 2. The van der Waals surface area contributed by atoms with E-state index in [2.05, 4.69) is 51.5 Å². The van der Waals surface area contributed by atoms with Gasteiger partial charge in [0, 0.05) is 42.0 Å². The van der Waals surface area contributed by atoms with E-state index in [9.17, 15) is 4.79 Å². The van der Waals surface area contributed by atoms with Gasteiger partial charge < -0.3 is 20.1 Å². The first-order valence-corrected chi connectivity index (χ1v) is 15.6. The Balaban J connectivity index is 1.49. The van der Waals surface area contributed by atoms with E-state index in [0.717, 1.165) is 27.0 Å². The Morgan fingerprint density at radius 1 is 1.12 bits per heavy atom. The molecule has 0 bridgehead atoms. The number of benzene rings is 3. The molecule has 43 heavy (non-hydrogen) atoms. The van der Waals surface area contributed by atoms with Gasteiger partial charge in [-0.05, 0) is 75.5 Å². The van der Waals surface area contributed by atoms with Crippen LogP contribution in [0.15, 0.2) is 83.7 Å². The van der Waals surface area contributed by atoms with Gasteiger partial charge in [0.05, 0.1) is 40.1 Å². The highest BCUT2D eigenvalue weighted by Crippen LogP contribution is 2.28. The summed E-state index contributed by atoms with van der Waals surface area (Å²) in [6.07, 6.45) is 3.58. The normalized spacial score (nSPS) is 11.6. The summed E-state index contributed by atoms with van der Waals surface area (Å²) < 4.78 is 2.82. The van der Waals surface area contributed by atoms with E-state index in [1.54, 1.807) is 30.7 Å². The third-order valence-corrected chi connectivity index (χ3v) is 8.85. The number of carbonyl (C=O) groups excluding carboxylic acids is 1. The molecule has 0 aliphatic heterocycles. The number of nitriles is 1. The Morgan fingerprint density at radius 2 is 1.86 bits per heavy atom. The van der Waals surface area contributed by atoms with E-state index in [-0.39, 0.29) is 24.3 Å². The molecular weight excluding hydrogens is 667 g/mol. The smallest absolute Gasteiger partial charge is 0.226 e. The van der Waals surface area contributed by atoms with Gasteiger partial charge in [0.15, 0.2) is 5.11 Å². The molecule has 3 aromatic carbocycles. The number of aromatic nitrogens is 2. The van der Waals surface area contributed by atoms with Gasteiger partial charge >= 0.3 is 0 Å². The minimum absolute atomic E-state index is 0.108. The van der Waals surface area contributed by atoms with Crippen molar-refractivity contribution in [2.45, 2.75) is 39.4 Å². The van der Waals surface area contributed by atoms with Crippen molar-refractivity contribution >= 4 is 68.1 Å². The highest BCUT2D eigenvalue weighted by Gasteiger charge is 2.24. The number of halogens is 3. The molecule has 1 heterocycles.